The molecule has 2 aromatic rings. The molecule has 0 bridgehead atoms. The van der Waals surface area contributed by atoms with E-state index in [1.54, 1.807) is 18.2 Å². The van der Waals surface area contributed by atoms with Gasteiger partial charge in [-0.2, -0.15) is 0 Å². The number of rotatable bonds is 6. The van der Waals surface area contributed by atoms with E-state index in [9.17, 15) is 9.90 Å². The van der Waals surface area contributed by atoms with Gasteiger partial charge in [-0.05, 0) is 41.8 Å². The minimum absolute atomic E-state index is 0.0459. The molecule has 128 valence electrons. The van der Waals surface area contributed by atoms with Gasteiger partial charge in [-0.15, -0.1) is 0 Å². The highest BCUT2D eigenvalue weighted by Gasteiger charge is 2.11. The Labute approximate surface area is 141 Å². The maximum absolute atomic E-state index is 12.0. The third-order valence-electron chi connectivity index (χ3n) is 3.52. The van der Waals surface area contributed by atoms with Gasteiger partial charge in [0.15, 0.2) is 23.0 Å². The molecule has 6 nitrogen and oxygen atoms in total. The van der Waals surface area contributed by atoms with Crippen LogP contribution < -0.4 is 19.5 Å². The highest BCUT2D eigenvalue weighted by molar-refractivity contribution is 5.71. The smallest absolute Gasteiger partial charge is 0.413 e. The summed E-state index contributed by atoms with van der Waals surface area (Å²) in [7, 11) is 3.00. The molecule has 0 radical (unpaired) electrons. The average Bonchev–Trinajstić information content (AvgIpc) is 2.61. The first-order chi connectivity index (χ1) is 11.6. The van der Waals surface area contributed by atoms with Crippen molar-refractivity contribution in [2.24, 2.45) is 0 Å². The number of carbonyl (C=O) groups excluding carboxylic acids is 1. The lowest BCUT2D eigenvalue weighted by molar-refractivity contribution is 0.198. The van der Waals surface area contributed by atoms with E-state index >= 15 is 0 Å². The van der Waals surface area contributed by atoms with Crippen molar-refractivity contribution in [3.8, 4) is 23.0 Å². The summed E-state index contributed by atoms with van der Waals surface area (Å²) in [5, 5.41) is 12.2. The first-order valence-electron chi connectivity index (χ1n) is 7.55. The van der Waals surface area contributed by atoms with Gasteiger partial charge in [0.2, 0.25) is 0 Å². The summed E-state index contributed by atoms with van der Waals surface area (Å²) in [6, 6.07) is 10.3. The molecule has 6 heteroatoms. The third-order valence-corrected chi connectivity index (χ3v) is 3.52. The number of aromatic hydroxyl groups is 1. The predicted molar refractivity (Wildman–Crippen MR) is 89.9 cm³/mol. The molecule has 2 rings (SSSR count). The number of methoxy groups -OCH3 is 2. The molecule has 0 aromatic heterocycles. The van der Waals surface area contributed by atoms with E-state index in [-0.39, 0.29) is 12.3 Å². The van der Waals surface area contributed by atoms with Gasteiger partial charge in [0.05, 0.1) is 14.2 Å². The number of carbonyl (C=O) groups is 1. The van der Waals surface area contributed by atoms with Crippen LogP contribution >= 0.6 is 0 Å². The Morgan fingerprint density at radius 1 is 1.00 bits per heavy atom. The zero-order valence-electron chi connectivity index (χ0n) is 14.0. The van der Waals surface area contributed by atoms with Crippen LogP contribution in [-0.2, 0) is 13.0 Å². The minimum Gasteiger partial charge on any atom is -0.504 e. The number of aryl methyl sites for hydroxylation is 1. The van der Waals surface area contributed by atoms with Crippen LogP contribution in [0.25, 0.3) is 0 Å². The molecule has 2 N–H and O–H groups in total. The van der Waals surface area contributed by atoms with Crippen LogP contribution in [-0.4, -0.2) is 25.4 Å². The van der Waals surface area contributed by atoms with Crippen molar-refractivity contribution in [1.82, 2.24) is 5.32 Å². The van der Waals surface area contributed by atoms with Crippen LogP contribution in [0.2, 0.25) is 0 Å². The van der Waals surface area contributed by atoms with Crippen molar-refractivity contribution < 1.29 is 24.1 Å². The maximum Gasteiger partial charge on any atom is 0.413 e. The lowest BCUT2D eigenvalue weighted by Crippen LogP contribution is -2.26. The van der Waals surface area contributed by atoms with Crippen molar-refractivity contribution >= 4 is 6.09 Å². The average molecular weight is 331 g/mol. The van der Waals surface area contributed by atoms with Gasteiger partial charge in [0.1, 0.15) is 0 Å². The normalized spacial score (nSPS) is 10.1. The molecule has 0 saturated carbocycles. The number of phenolic OH excluding ortho intramolecular Hbond substituents is 1. The Morgan fingerprint density at radius 2 is 1.67 bits per heavy atom. The molecule has 0 fully saturated rings. The lowest BCUT2D eigenvalue weighted by atomic mass is 10.1. The molecule has 24 heavy (non-hydrogen) atoms. The van der Waals surface area contributed by atoms with Crippen molar-refractivity contribution in [3.05, 3.63) is 47.5 Å². The van der Waals surface area contributed by atoms with E-state index in [1.165, 1.54) is 20.3 Å². The fourth-order valence-electron chi connectivity index (χ4n) is 2.16. The molecule has 2 aromatic carbocycles. The topological polar surface area (TPSA) is 77.0 Å². The minimum atomic E-state index is -0.593. The number of phenols is 1. The number of benzene rings is 2. The summed E-state index contributed by atoms with van der Waals surface area (Å²) in [5.74, 6) is 1.26. The molecule has 0 heterocycles. The molecule has 0 saturated heterocycles. The molecule has 0 aliphatic heterocycles. The Hall–Kier alpha value is -2.89. The van der Waals surface area contributed by atoms with E-state index < -0.39 is 6.09 Å². The Kier molecular flexibility index (Phi) is 5.89. The molecular weight excluding hydrogens is 310 g/mol. The summed E-state index contributed by atoms with van der Waals surface area (Å²) in [5.41, 5.74) is 1.87. The van der Waals surface area contributed by atoms with Crippen molar-refractivity contribution in [3.63, 3.8) is 0 Å². The van der Waals surface area contributed by atoms with Crippen LogP contribution in [0.15, 0.2) is 36.4 Å². The highest BCUT2D eigenvalue weighted by atomic mass is 16.6. The zero-order valence-corrected chi connectivity index (χ0v) is 14.0. The largest absolute Gasteiger partial charge is 0.504 e. The van der Waals surface area contributed by atoms with Crippen LogP contribution in [0.5, 0.6) is 23.0 Å². The number of hydrogen-bond donors (Lipinski definition) is 2. The zero-order chi connectivity index (χ0) is 17.5. The van der Waals surface area contributed by atoms with Crippen LogP contribution in [0.3, 0.4) is 0 Å². The van der Waals surface area contributed by atoms with E-state index in [0.717, 1.165) is 17.5 Å². The Bertz CT molecular complexity index is 715. The maximum atomic E-state index is 12.0. The van der Waals surface area contributed by atoms with Gasteiger partial charge in [-0.1, -0.05) is 19.1 Å². The molecule has 1 amide bonds. The first kappa shape index (κ1) is 17.5. The number of ether oxygens (including phenoxy) is 3. The second-order valence-electron chi connectivity index (χ2n) is 5.09. The lowest BCUT2D eigenvalue weighted by Gasteiger charge is -2.12. The van der Waals surface area contributed by atoms with Gasteiger partial charge >= 0.3 is 6.09 Å². The summed E-state index contributed by atoms with van der Waals surface area (Å²) < 4.78 is 15.6. The van der Waals surface area contributed by atoms with Crippen LogP contribution in [0.1, 0.15) is 18.1 Å². The van der Waals surface area contributed by atoms with Gasteiger partial charge < -0.3 is 24.6 Å². The number of nitrogens with one attached hydrogen (secondary N) is 1. The summed E-state index contributed by atoms with van der Waals surface area (Å²) in [6.45, 7) is 2.28. The van der Waals surface area contributed by atoms with Gasteiger partial charge in [-0.25, -0.2) is 4.79 Å². The predicted octanol–water partition coefficient (Wildman–Crippen LogP) is 3.26. The fourth-order valence-corrected chi connectivity index (χ4v) is 2.16. The van der Waals surface area contributed by atoms with E-state index in [4.69, 9.17) is 14.2 Å². The first-order valence-corrected chi connectivity index (χ1v) is 7.55. The Morgan fingerprint density at radius 3 is 2.33 bits per heavy atom. The van der Waals surface area contributed by atoms with Gasteiger partial charge in [0.25, 0.3) is 0 Å². The van der Waals surface area contributed by atoms with Crippen molar-refractivity contribution in [2.75, 3.05) is 14.2 Å². The Balaban J connectivity index is 1.98. The third kappa shape index (κ3) is 4.32. The van der Waals surface area contributed by atoms with Gasteiger partial charge in [0, 0.05) is 6.54 Å². The number of amides is 1. The SMILES string of the molecule is CCc1ccc(OC(=O)NCc2ccc(O)c(OC)c2)c(OC)c1. The van der Waals surface area contributed by atoms with E-state index in [2.05, 4.69) is 5.32 Å². The van der Waals surface area contributed by atoms with E-state index in [1.807, 2.05) is 19.1 Å². The van der Waals surface area contributed by atoms with Crippen molar-refractivity contribution in [2.45, 2.75) is 19.9 Å². The number of hydrogen-bond acceptors (Lipinski definition) is 5. The molecule has 0 spiro atoms. The van der Waals surface area contributed by atoms with Crippen molar-refractivity contribution in [1.29, 1.82) is 0 Å². The molecule has 0 aliphatic carbocycles. The van der Waals surface area contributed by atoms with Crippen LogP contribution in [0, 0.1) is 0 Å². The van der Waals surface area contributed by atoms with Gasteiger partial charge in [-0.3, -0.25) is 0 Å². The summed E-state index contributed by atoms with van der Waals surface area (Å²) in [4.78, 5) is 12.0. The quantitative estimate of drug-likeness (QED) is 0.849. The van der Waals surface area contributed by atoms with Crippen LogP contribution in [0.4, 0.5) is 4.79 Å². The monoisotopic (exact) mass is 331 g/mol. The molecule has 0 atom stereocenters. The highest BCUT2D eigenvalue weighted by Crippen LogP contribution is 2.28. The summed E-state index contributed by atoms with van der Waals surface area (Å²) >= 11 is 0. The second-order valence-corrected chi connectivity index (χ2v) is 5.09. The summed E-state index contributed by atoms with van der Waals surface area (Å²) in [6.07, 6.45) is 0.274. The van der Waals surface area contributed by atoms with E-state index in [0.29, 0.717) is 17.2 Å². The fraction of sp³-hybridized carbons (Fsp3) is 0.278. The standard InChI is InChI=1S/C18H21NO5/c1-4-12-6-8-15(17(9-12)23-3)24-18(21)19-11-13-5-7-14(20)16(10-13)22-2/h5-10,20H,4,11H2,1-3H3,(H,19,21). The molecular formula is C18H21NO5. The second kappa shape index (κ2) is 8.10. The molecule has 0 aliphatic rings. The molecule has 0 unspecified atom stereocenters.